The number of likely N-dealkylation sites (N-methyl/N-ethyl adjacent to an activating group) is 1. The molecule has 0 saturated heterocycles. The van der Waals surface area contributed by atoms with Gasteiger partial charge in [-0.25, -0.2) is 0 Å². The van der Waals surface area contributed by atoms with Crippen LogP contribution in [0.3, 0.4) is 0 Å². The normalized spacial score (nSPS) is 10.7. The molecule has 6 heteroatoms. The van der Waals surface area contributed by atoms with Crippen LogP contribution in [0.25, 0.3) is 0 Å². The Morgan fingerprint density at radius 2 is 1.86 bits per heavy atom. The Kier molecular flexibility index (Phi) is 7.30. The fraction of sp³-hybridized carbons (Fsp3) is 0.261. The molecule has 1 heterocycles. The lowest BCUT2D eigenvalue weighted by Crippen LogP contribution is -2.34. The van der Waals surface area contributed by atoms with Gasteiger partial charge in [0.1, 0.15) is 12.4 Å². The monoisotopic (exact) mass is 394 g/mol. The minimum absolute atomic E-state index is 0.0533. The molecule has 3 rings (SSSR count). The molecule has 0 aliphatic heterocycles. The van der Waals surface area contributed by atoms with Gasteiger partial charge in [0.25, 0.3) is 0 Å². The summed E-state index contributed by atoms with van der Waals surface area (Å²) in [6.07, 6.45) is 1.63. The molecule has 0 atom stereocenters. The predicted octanol–water partition coefficient (Wildman–Crippen LogP) is 3.62. The van der Waals surface area contributed by atoms with Gasteiger partial charge in [-0.2, -0.15) is 0 Å². The van der Waals surface area contributed by atoms with Gasteiger partial charge in [-0.3, -0.25) is 9.69 Å². The fourth-order valence-corrected chi connectivity index (χ4v) is 2.90. The molecule has 29 heavy (non-hydrogen) atoms. The molecule has 0 aliphatic carbocycles. The zero-order chi connectivity index (χ0) is 20.5. The Morgan fingerprint density at radius 1 is 1.03 bits per heavy atom. The van der Waals surface area contributed by atoms with E-state index in [1.807, 2.05) is 72.6 Å². The Morgan fingerprint density at radius 3 is 2.59 bits per heavy atom. The summed E-state index contributed by atoms with van der Waals surface area (Å²) in [6, 6.07) is 19.4. The van der Waals surface area contributed by atoms with E-state index in [1.165, 1.54) is 0 Å². The second-order valence-corrected chi connectivity index (χ2v) is 6.79. The Hall–Kier alpha value is -3.25. The first-order valence-corrected chi connectivity index (χ1v) is 9.45. The molecule has 0 fully saturated rings. The van der Waals surface area contributed by atoms with Crippen LogP contribution in [0.15, 0.2) is 71.3 Å². The molecule has 0 saturated carbocycles. The summed E-state index contributed by atoms with van der Waals surface area (Å²) in [4.78, 5) is 14.1. The van der Waals surface area contributed by atoms with Crippen LogP contribution in [-0.2, 0) is 24.5 Å². The van der Waals surface area contributed by atoms with Gasteiger partial charge in [-0.15, -0.1) is 0 Å². The van der Waals surface area contributed by atoms with Crippen molar-refractivity contribution >= 4 is 5.91 Å². The number of ether oxygens (including phenoxy) is 2. The van der Waals surface area contributed by atoms with E-state index >= 15 is 0 Å². The van der Waals surface area contributed by atoms with Crippen LogP contribution in [0.4, 0.5) is 0 Å². The van der Waals surface area contributed by atoms with Gasteiger partial charge in [-0.1, -0.05) is 36.4 Å². The second-order valence-electron chi connectivity index (χ2n) is 6.79. The van der Waals surface area contributed by atoms with E-state index < -0.39 is 0 Å². The molecular weight excluding hydrogens is 368 g/mol. The third-order valence-corrected chi connectivity index (χ3v) is 4.37. The van der Waals surface area contributed by atoms with E-state index in [-0.39, 0.29) is 12.5 Å². The predicted molar refractivity (Wildman–Crippen MR) is 111 cm³/mol. The van der Waals surface area contributed by atoms with Crippen molar-refractivity contribution in [2.24, 2.45) is 0 Å². The number of carbonyl (C=O) groups excluding carboxylic acids is 1. The molecule has 152 valence electrons. The van der Waals surface area contributed by atoms with E-state index in [2.05, 4.69) is 5.32 Å². The number of nitrogens with one attached hydrogen (secondary N) is 1. The van der Waals surface area contributed by atoms with Gasteiger partial charge >= 0.3 is 0 Å². The number of nitrogens with zero attached hydrogens (tertiary/aromatic N) is 1. The van der Waals surface area contributed by atoms with Crippen molar-refractivity contribution in [3.05, 3.63) is 83.8 Å². The van der Waals surface area contributed by atoms with E-state index in [0.717, 1.165) is 16.9 Å². The molecule has 1 aromatic heterocycles. The fourth-order valence-electron chi connectivity index (χ4n) is 2.90. The standard InChI is InChI=1S/C23H26N2O4/c1-25(15-20-9-6-12-28-20)16-23(26)24-14-19-10-11-21(22(13-19)27-2)29-17-18-7-4-3-5-8-18/h3-13H,14-17H2,1-2H3,(H,24,26). The maximum atomic E-state index is 12.2. The summed E-state index contributed by atoms with van der Waals surface area (Å²) >= 11 is 0. The topological polar surface area (TPSA) is 63.9 Å². The number of carbonyl (C=O) groups is 1. The third kappa shape index (κ3) is 6.40. The summed E-state index contributed by atoms with van der Waals surface area (Å²) in [6.45, 7) is 1.76. The minimum Gasteiger partial charge on any atom is -0.493 e. The van der Waals surface area contributed by atoms with Crippen LogP contribution in [0.1, 0.15) is 16.9 Å². The summed E-state index contributed by atoms with van der Waals surface area (Å²) in [7, 11) is 3.49. The SMILES string of the molecule is COc1cc(CNC(=O)CN(C)Cc2ccco2)ccc1OCc1ccccc1. The van der Waals surface area contributed by atoms with Crippen LogP contribution < -0.4 is 14.8 Å². The summed E-state index contributed by atoms with van der Waals surface area (Å²) < 4.78 is 16.6. The van der Waals surface area contributed by atoms with Crippen LogP contribution in [0.2, 0.25) is 0 Å². The number of amides is 1. The minimum atomic E-state index is -0.0533. The molecule has 1 amide bonds. The van der Waals surface area contributed by atoms with Gasteiger partial charge in [0.05, 0.1) is 26.5 Å². The maximum absolute atomic E-state index is 12.2. The van der Waals surface area contributed by atoms with Crippen molar-refractivity contribution in [2.45, 2.75) is 19.7 Å². The molecular formula is C23H26N2O4. The number of methoxy groups -OCH3 is 1. The smallest absolute Gasteiger partial charge is 0.234 e. The average Bonchev–Trinajstić information content (AvgIpc) is 3.24. The summed E-state index contributed by atoms with van der Waals surface area (Å²) in [5, 5.41) is 2.93. The quantitative estimate of drug-likeness (QED) is 0.569. The highest BCUT2D eigenvalue weighted by Crippen LogP contribution is 2.28. The molecule has 1 N–H and O–H groups in total. The zero-order valence-electron chi connectivity index (χ0n) is 16.8. The molecule has 0 aliphatic rings. The van der Waals surface area contributed by atoms with Gasteiger partial charge in [0.2, 0.25) is 5.91 Å². The molecule has 0 radical (unpaired) electrons. The Balaban J connectivity index is 1.49. The molecule has 0 spiro atoms. The van der Waals surface area contributed by atoms with Crippen molar-refractivity contribution in [1.29, 1.82) is 0 Å². The van der Waals surface area contributed by atoms with Gasteiger partial charge in [-0.05, 0) is 42.4 Å². The van der Waals surface area contributed by atoms with Gasteiger partial charge in [0.15, 0.2) is 11.5 Å². The first kappa shape index (κ1) is 20.5. The van der Waals surface area contributed by atoms with Crippen LogP contribution in [-0.4, -0.2) is 31.5 Å². The number of rotatable bonds is 10. The molecule has 3 aromatic rings. The molecule has 0 bridgehead atoms. The maximum Gasteiger partial charge on any atom is 0.234 e. The van der Waals surface area contributed by atoms with Crippen LogP contribution >= 0.6 is 0 Å². The number of benzene rings is 2. The Labute approximate surface area is 171 Å². The van der Waals surface area contributed by atoms with E-state index in [0.29, 0.717) is 31.2 Å². The van der Waals surface area contributed by atoms with E-state index in [9.17, 15) is 4.79 Å². The molecule has 0 unspecified atom stereocenters. The first-order chi connectivity index (χ1) is 14.1. The zero-order valence-corrected chi connectivity index (χ0v) is 16.8. The van der Waals surface area contributed by atoms with Crippen LogP contribution in [0.5, 0.6) is 11.5 Å². The first-order valence-electron chi connectivity index (χ1n) is 9.45. The highest BCUT2D eigenvalue weighted by Gasteiger charge is 2.10. The summed E-state index contributed by atoms with van der Waals surface area (Å²) in [5.74, 6) is 2.09. The largest absolute Gasteiger partial charge is 0.493 e. The van der Waals surface area contributed by atoms with E-state index in [4.69, 9.17) is 13.9 Å². The number of furan rings is 1. The lowest BCUT2D eigenvalue weighted by molar-refractivity contribution is -0.122. The van der Waals surface area contributed by atoms with Crippen molar-refractivity contribution < 1.29 is 18.7 Å². The number of hydrogen-bond acceptors (Lipinski definition) is 5. The lowest BCUT2D eigenvalue weighted by Gasteiger charge is -2.15. The molecule has 2 aromatic carbocycles. The summed E-state index contributed by atoms with van der Waals surface area (Å²) in [5.41, 5.74) is 2.03. The van der Waals surface area contributed by atoms with Crippen LogP contribution in [0, 0.1) is 0 Å². The average molecular weight is 394 g/mol. The van der Waals surface area contributed by atoms with Crippen molar-refractivity contribution in [2.75, 3.05) is 20.7 Å². The van der Waals surface area contributed by atoms with Crippen molar-refractivity contribution in [3.8, 4) is 11.5 Å². The highest BCUT2D eigenvalue weighted by molar-refractivity contribution is 5.78. The second kappa shape index (κ2) is 10.3. The van der Waals surface area contributed by atoms with Crippen molar-refractivity contribution in [1.82, 2.24) is 10.2 Å². The molecule has 6 nitrogen and oxygen atoms in total. The van der Waals surface area contributed by atoms with E-state index in [1.54, 1.807) is 13.4 Å². The van der Waals surface area contributed by atoms with Gasteiger partial charge < -0.3 is 19.2 Å². The number of hydrogen-bond donors (Lipinski definition) is 1. The Bertz CT molecular complexity index is 895. The third-order valence-electron chi connectivity index (χ3n) is 4.37. The lowest BCUT2D eigenvalue weighted by atomic mass is 10.2. The van der Waals surface area contributed by atoms with Gasteiger partial charge in [0, 0.05) is 6.54 Å². The van der Waals surface area contributed by atoms with Crippen molar-refractivity contribution in [3.63, 3.8) is 0 Å². The highest BCUT2D eigenvalue weighted by atomic mass is 16.5.